The second-order valence-electron chi connectivity index (χ2n) is 4.58. The molecule has 2 unspecified atom stereocenters. The van der Waals surface area contributed by atoms with Crippen LogP contribution in [0, 0.1) is 11.3 Å². The van der Waals surface area contributed by atoms with E-state index >= 15 is 0 Å². The van der Waals surface area contributed by atoms with Crippen molar-refractivity contribution >= 4 is 5.91 Å². The van der Waals surface area contributed by atoms with Crippen LogP contribution in [-0.4, -0.2) is 5.91 Å². The molecule has 0 radical (unpaired) electrons. The number of amides is 1. The predicted octanol–water partition coefficient (Wildman–Crippen LogP) is 2.22. The van der Waals surface area contributed by atoms with Crippen LogP contribution in [0.25, 0.3) is 0 Å². The molecule has 2 heteroatoms. The Morgan fingerprint density at radius 2 is 2.38 bits per heavy atom. The highest BCUT2D eigenvalue weighted by molar-refractivity contribution is 5.80. The molecule has 1 heterocycles. The molecule has 0 spiro atoms. The zero-order valence-corrected chi connectivity index (χ0v) is 8.39. The lowest BCUT2D eigenvalue weighted by atomic mass is 9.66. The first-order chi connectivity index (χ1) is 6.13. The molecule has 1 saturated heterocycles. The van der Waals surface area contributed by atoms with Crippen molar-refractivity contribution < 1.29 is 4.79 Å². The minimum Gasteiger partial charge on any atom is -0.330 e. The topological polar surface area (TPSA) is 29.1 Å². The number of hydrogen-bond donors (Lipinski definition) is 1. The van der Waals surface area contributed by atoms with Crippen LogP contribution in [-0.2, 0) is 4.79 Å². The van der Waals surface area contributed by atoms with Gasteiger partial charge in [0.1, 0.15) is 0 Å². The fourth-order valence-corrected chi connectivity index (χ4v) is 2.49. The smallest absolute Gasteiger partial charge is 0.224 e. The minimum atomic E-state index is 0.193. The van der Waals surface area contributed by atoms with Crippen LogP contribution in [0.4, 0.5) is 0 Å². The number of carbonyl (C=O) groups excluding carboxylic acids is 1. The van der Waals surface area contributed by atoms with Gasteiger partial charge in [-0.05, 0) is 25.2 Å². The summed E-state index contributed by atoms with van der Waals surface area (Å²) in [6, 6.07) is 0. The Morgan fingerprint density at radius 1 is 1.62 bits per heavy atom. The van der Waals surface area contributed by atoms with Gasteiger partial charge >= 0.3 is 0 Å². The molecule has 1 amide bonds. The maximum Gasteiger partial charge on any atom is 0.224 e. The molecular formula is C11H17NO. The van der Waals surface area contributed by atoms with Gasteiger partial charge in [-0.2, -0.15) is 0 Å². The van der Waals surface area contributed by atoms with E-state index in [1.54, 1.807) is 0 Å². The van der Waals surface area contributed by atoms with E-state index in [0.717, 1.165) is 6.42 Å². The normalized spacial score (nSPS) is 39.1. The van der Waals surface area contributed by atoms with Crippen molar-refractivity contribution in [2.45, 2.75) is 39.5 Å². The Balaban J connectivity index is 2.32. The molecule has 1 aliphatic heterocycles. The van der Waals surface area contributed by atoms with Crippen molar-refractivity contribution in [2.75, 3.05) is 0 Å². The molecule has 0 aromatic rings. The minimum absolute atomic E-state index is 0.193. The van der Waals surface area contributed by atoms with Crippen molar-refractivity contribution in [3.8, 4) is 0 Å². The second kappa shape index (κ2) is 2.86. The molecule has 2 aliphatic rings. The van der Waals surface area contributed by atoms with Gasteiger partial charge in [0.15, 0.2) is 0 Å². The third-order valence-electron chi connectivity index (χ3n) is 3.72. The Bertz CT molecular complexity index is 269. The van der Waals surface area contributed by atoms with Gasteiger partial charge in [0, 0.05) is 17.5 Å². The van der Waals surface area contributed by atoms with Crippen molar-refractivity contribution in [1.82, 2.24) is 5.32 Å². The number of allylic oxidation sites excluding steroid dienone is 2. The standard InChI is InChI=1S/C11H17NO/c1-8-7-10(13)12-9-5-3-4-6-11(8,9)2/h5,8H,3-4,6-7H2,1-2H3,(H,12,13). The first-order valence-corrected chi connectivity index (χ1v) is 5.13. The van der Waals surface area contributed by atoms with Gasteiger partial charge in [-0.15, -0.1) is 0 Å². The first-order valence-electron chi connectivity index (χ1n) is 5.13. The lowest BCUT2D eigenvalue weighted by molar-refractivity contribution is -0.124. The Kier molecular flexibility index (Phi) is 1.94. The molecule has 0 aromatic carbocycles. The highest BCUT2D eigenvalue weighted by atomic mass is 16.1. The van der Waals surface area contributed by atoms with Gasteiger partial charge in [-0.3, -0.25) is 4.79 Å². The van der Waals surface area contributed by atoms with Crippen LogP contribution in [0.5, 0.6) is 0 Å². The lowest BCUT2D eigenvalue weighted by Gasteiger charge is -2.44. The van der Waals surface area contributed by atoms with Crippen molar-refractivity contribution in [2.24, 2.45) is 11.3 Å². The van der Waals surface area contributed by atoms with Gasteiger partial charge < -0.3 is 5.32 Å². The van der Waals surface area contributed by atoms with Crippen molar-refractivity contribution in [3.63, 3.8) is 0 Å². The van der Waals surface area contributed by atoms with E-state index in [-0.39, 0.29) is 11.3 Å². The van der Waals surface area contributed by atoms with E-state index in [1.807, 2.05) is 0 Å². The number of piperidine rings is 1. The summed E-state index contributed by atoms with van der Waals surface area (Å²) < 4.78 is 0. The molecule has 0 saturated carbocycles. The van der Waals surface area contributed by atoms with Gasteiger partial charge in [0.25, 0.3) is 0 Å². The van der Waals surface area contributed by atoms with Crippen LogP contribution in [0.1, 0.15) is 39.5 Å². The fraction of sp³-hybridized carbons (Fsp3) is 0.727. The average molecular weight is 179 g/mol. The van der Waals surface area contributed by atoms with Crippen LogP contribution in [0.2, 0.25) is 0 Å². The summed E-state index contributed by atoms with van der Waals surface area (Å²) >= 11 is 0. The third-order valence-corrected chi connectivity index (χ3v) is 3.72. The molecule has 13 heavy (non-hydrogen) atoms. The number of carbonyl (C=O) groups is 1. The van der Waals surface area contributed by atoms with Gasteiger partial charge in [0.2, 0.25) is 5.91 Å². The van der Waals surface area contributed by atoms with Crippen LogP contribution in [0.15, 0.2) is 11.8 Å². The SMILES string of the molecule is CC1CC(=O)NC2=CCCCC21C. The van der Waals surface area contributed by atoms with E-state index in [9.17, 15) is 4.79 Å². The molecular weight excluding hydrogens is 162 g/mol. The number of rotatable bonds is 0. The summed E-state index contributed by atoms with van der Waals surface area (Å²) in [6.07, 6.45) is 6.50. The van der Waals surface area contributed by atoms with Gasteiger partial charge in [-0.1, -0.05) is 19.9 Å². The molecule has 72 valence electrons. The molecule has 2 rings (SSSR count). The Labute approximate surface area is 79.4 Å². The molecule has 1 N–H and O–H groups in total. The number of fused-ring (bicyclic) bond motifs is 1. The lowest BCUT2D eigenvalue weighted by Crippen LogP contribution is -2.45. The monoisotopic (exact) mass is 179 g/mol. The summed E-state index contributed by atoms with van der Waals surface area (Å²) in [5, 5.41) is 3.01. The molecule has 0 bridgehead atoms. The summed E-state index contributed by atoms with van der Waals surface area (Å²) in [6.45, 7) is 4.47. The summed E-state index contributed by atoms with van der Waals surface area (Å²) in [7, 11) is 0. The number of hydrogen-bond acceptors (Lipinski definition) is 1. The maximum absolute atomic E-state index is 11.3. The van der Waals surface area contributed by atoms with Crippen LogP contribution in [0.3, 0.4) is 0 Å². The largest absolute Gasteiger partial charge is 0.330 e. The zero-order valence-electron chi connectivity index (χ0n) is 8.39. The highest BCUT2D eigenvalue weighted by Gasteiger charge is 2.41. The molecule has 0 aromatic heterocycles. The fourth-order valence-electron chi connectivity index (χ4n) is 2.49. The second-order valence-corrected chi connectivity index (χ2v) is 4.58. The molecule has 1 aliphatic carbocycles. The van der Waals surface area contributed by atoms with Crippen LogP contribution < -0.4 is 5.32 Å². The summed E-state index contributed by atoms with van der Waals surface area (Å²) in [5.41, 5.74) is 1.43. The van der Waals surface area contributed by atoms with E-state index in [4.69, 9.17) is 0 Å². The quantitative estimate of drug-likeness (QED) is 0.607. The molecule has 2 atom stereocenters. The van der Waals surface area contributed by atoms with Crippen LogP contribution >= 0.6 is 0 Å². The Morgan fingerprint density at radius 3 is 3.15 bits per heavy atom. The maximum atomic E-state index is 11.3. The van der Waals surface area contributed by atoms with Crippen molar-refractivity contribution in [1.29, 1.82) is 0 Å². The van der Waals surface area contributed by atoms with E-state index in [2.05, 4.69) is 25.2 Å². The average Bonchev–Trinajstić information content (AvgIpc) is 2.07. The van der Waals surface area contributed by atoms with Gasteiger partial charge in [0.05, 0.1) is 0 Å². The summed E-state index contributed by atoms with van der Waals surface area (Å²) in [5.74, 6) is 0.686. The van der Waals surface area contributed by atoms with E-state index in [0.29, 0.717) is 12.3 Å². The summed E-state index contributed by atoms with van der Waals surface area (Å²) in [4.78, 5) is 11.3. The highest BCUT2D eigenvalue weighted by Crippen LogP contribution is 2.45. The van der Waals surface area contributed by atoms with Crippen molar-refractivity contribution in [3.05, 3.63) is 11.8 Å². The predicted molar refractivity (Wildman–Crippen MR) is 52.0 cm³/mol. The molecule has 1 fully saturated rings. The zero-order chi connectivity index (χ0) is 9.47. The van der Waals surface area contributed by atoms with E-state index < -0.39 is 0 Å². The number of nitrogens with one attached hydrogen (secondary N) is 1. The molecule has 2 nitrogen and oxygen atoms in total. The first kappa shape index (κ1) is 8.79. The van der Waals surface area contributed by atoms with E-state index in [1.165, 1.54) is 18.5 Å². The Hall–Kier alpha value is -0.790. The third kappa shape index (κ3) is 1.28. The van der Waals surface area contributed by atoms with Gasteiger partial charge in [-0.25, -0.2) is 0 Å².